The van der Waals surface area contributed by atoms with Crippen LogP contribution >= 0.6 is 0 Å². The smallest absolute Gasteiger partial charge is 0.407 e. The van der Waals surface area contributed by atoms with Gasteiger partial charge in [0.1, 0.15) is 6.61 Å². The van der Waals surface area contributed by atoms with Crippen molar-refractivity contribution < 1.29 is 23.9 Å². The molecule has 0 fully saturated rings. The van der Waals surface area contributed by atoms with Gasteiger partial charge in [0.15, 0.2) is 0 Å². The van der Waals surface area contributed by atoms with E-state index < -0.39 is 6.09 Å². The third-order valence-corrected chi connectivity index (χ3v) is 3.44. The number of methoxy groups -OCH3 is 1. The van der Waals surface area contributed by atoms with Gasteiger partial charge in [-0.2, -0.15) is 0 Å². The number of rotatable bonds is 11. The second-order valence-electron chi connectivity index (χ2n) is 5.48. The zero-order valence-electron chi connectivity index (χ0n) is 14.6. The number of hydrogen-bond acceptors (Lipinski definition) is 5. The first-order chi connectivity index (χ1) is 12.1. The summed E-state index contributed by atoms with van der Waals surface area (Å²) in [5, 5.41) is 5.31. The lowest BCUT2D eigenvalue weighted by Gasteiger charge is -2.08. The summed E-state index contributed by atoms with van der Waals surface area (Å²) in [6.45, 7) is 0.977. The number of alkyl carbamates (subject to hydrolysis) is 1. The van der Waals surface area contributed by atoms with Crippen LogP contribution in [-0.4, -0.2) is 38.2 Å². The van der Waals surface area contributed by atoms with Crippen LogP contribution < -0.4 is 10.6 Å². The van der Waals surface area contributed by atoms with E-state index in [9.17, 15) is 14.4 Å². The van der Waals surface area contributed by atoms with Crippen molar-refractivity contribution in [3.05, 3.63) is 35.9 Å². The van der Waals surface area contributed by atoms with Gasteiger partial charge in [-0.3, -0.25) is 9.59 Å². The third-order valence-electron chi connectivity index (χ3n) is 3.44. The molecule has 0 saturated heterocycles. The average molecular weight is 350 g/mol. The Bertz CT molecular complexity index is 534. The number of nitrogens with one attached hydrogen (secondary N) is 2. The fraction of sp³-hybridized carbons (Fsp3) is 0.500. The molecule has 0 aliphatic rings. The first kappa shape index (κ1) is 20.5. The SMILES string of the molecule is COC(=O)CCCCCNC(=O)CCNC(=O)OCc1ccccc1. The van der Waals surface area contributed by atoms with Gasteiger partial charge in [0.05, 0.1) is 7.11 Å². The second-order valence-corrected chi connectivity index (χ2v) is 5.48. The van der Waals surface area contributed by atoms with Gasteiger partial charge in [-0.15, -0.1) is 0 Å². The maximum Gasteiger partial charge on any atom is 0.407 e. The molecule has 7 nitrogen and oxygen atoms in total. The number of carbonyl (C=O) groups is 3. The fourth-order valence-corrected chi connectivity index (χ4v) is 2.04. The van der Waals surface area contributed by atoms with Crippen LogP contribution in [0, 0.1) is 0 Å². The molecule has 0 aromatic heterocycles. The van der Waals surface area contributed by atoms with Crippen molar-refractivity contribution in [2.45, 2.75) is 38.7 Å². The monoisotopic (exact) mass is 350 g/mol. The number of ether oxygens (including phenoxy) is 2. The Morgan fingerprint density at radius 3 is 2.40 bits per heavy atom. The molecule has 25 heavy (non-hydrogen) atoms. The average Bonchev–Trinajstić information content (AvgIpc) is 2.63. The molecule has 0 bridgehead atoms. The molecule has 0 aliphatic carbocycles. The van der Waals surface area contributed by atoms with Crippen molar-refractivity contribution in [1.29, 1.82) is 0 Å². The Hall–Kier alpha value is -2.57. The minimum absolute atomic E-state index is 0.128. The standard InChI is InChI=1S/C18H26N2O5/c1-24-17(22)10-6-3-7-12-19-16(21)11-13-20-18(23)25-14-15-8-4-2-5-9-15/h2,4-5,8-9H,3,6-7,10-14H2,1H3,(H,19,21)(H,20,23). The van der Waals surface area contributed by atoms with Gasteiger partial charge < -0.3 is 20.1 Å². The van der Waals surface area contributed by atoms with Crippen molar-refractivity contribution >= 4 is 18.0 Å². The van der Waals surface area contributed by atoms with Crippen LogP contribution in [0.1, 0.15) is 37.7 Å². The van der Waals surface area contributed by atoms with Crippen LogP contribution in [0.15, 0.2) is 30.3 Å². The highest BCUT2D eigenvalue weighted by atomic mass is 16.5. The number of esters is 1. The summed E-state index contributed by atoms with van der Waals surface area (Å²) >= 11 is 0. The second kappa shape index (κ2) is 12.8. The molecule has 1 rings (SSSR count). The Morgan fingerprint density at radius 1 is 0.920 bits per heavy atom. The summed E-state index contributed by atoms with van der Waals surface area (Å²) in [7, 11) is 1.37. The van der Waals surface area contributed by atoms with E-state index >= 15 is 0 Å². The van der Waals surface area contributed by atoms with E-state index in [0.717, 1.165) is 24.8 Å². The molecule has 2 amide bonds. The Balaban J connectivity index is 1.97. The molecule has 138 valence electrons. The molecule has 0 atom stereocenters. The van der Waals surface area contributed by atoms with Gasteiger partial charge in [-0.05, 0) is 18.4 Å². The van der Waals surface area contributed by atoms with E-state index in [2.05, 4.69) is 15.4 Å². The maximum absolute atomic E-state index is 11.6. The summed E-state index contributed by atoms with van der Waals surface area (Å²) in [6.07, 6.45) is 2.45. The zero-order valence-corrected chi connectivity index (χ0v) is 14.6. The van der Waals surface area contributed by atoms with E-state index in [4.69, 9.17) is 4.74 Å². The summed E-state index contributed by atoms with van der Waals surface area (Å²) < 4.78 is 9.59. The molecule has 0 unspecified atom stereocenters. The summed E-state index contributed by atoms with van der Waals surface area (Å²) in [4.78, 5) is 34.0. The van der Waals surface area contributed by atoms with Crippen molar-refractivity contribution in [3.8, 4) is 0 Å². The largest absolute Gasteiger partial charge is 0.469 e. The lowest BCUT2D eigenvalue weighted by molar-refractivity contribution is -0.140. The molecule has 1 aromatic carbocycles. The number of unbranched alkanes of at least 4 members (excludes halogenated alkanes) is 2. The van der Waals surface area contributed by atoms with E-state index in [0.29, 0.717) is 13.0 Å². The van der Waals surface area contributed by atoms with Crippen LogP contribution in [0.5, 0.6) is 0 Å². The minimum atomic E-state index is -0.542. The lowest BCUT2D eigenvalue weighted by atomic mass is 10.2. The van der Waals surface area contributed by atoms with Crippen LogP contribution in [0.3, 0.4) is 0 Å². The predicted octanol–water partition coefficient (Wildman–Crippen LogP) is 2.15. The fourth-order valence-electron chi connectivity index (χ4n) is 2.04. The molecule has 0 aliphatic heterocycles. The third kappa shape index (κ3) is 10.8. The molecule has 7 heteroatoms. The number of hydrogen-bond donors (Lipinski definition) is 2. The summed E-state index contributed by atoms with van der Waals surface area (Å²) in [5.41, 5.74) is 0.905. The van der Waals surface area contributed by atoms with Gasteiger partial charge in [0, 0.05) is 25.9 Å². The number of carbonyl (C=O) groups excluding carboxylic acids is 3. The molecule has 0 saturated carbocycles. The van der Waals surface area contributed by atoms with E-state index in [1.54, 1.807) is 0 Å². The van der Waals surface area contributed by atoms with Crippen molar-refractivity contribution in [2.24, 2.45) is 0 Å². The summed E-state index contributed by atoms with van der Waals surface area (Å²) in [6, 6.07) is 9.37. The Morgan fingerprint density at radius 2 is 1.68 bits per heavy atom. The number of benzene rings is 1. The van der Waals surface area contributed by atoms with Crippen LogP contribution in [0.4, 0.5) is 4.79 Å². The number of amides is 2. The van der Waals surface area contributed by atoms with Crippen LogP contribution in [0.25, 0.3) is 0 Å². The first-order valence-corrected chi connectivity index (χ1v) is 8.40. The highest BCUT2D eigenvalue weighted by Crippen LogP contribution is 2.01. The van der Waals surface area contributed by atoms with Crippen molar-refractivity contribution in [2.75, 3.05) is 20.2 Å². The highest BCUT2D eigenvalue weighted by molar-refractivity contribution is 5.76. The van der Waals surface area contributed by atoms with Crippen LogP contribution in [-0.2, 0) is 25.7 Å². The summed E-state index contributed by atoms with van der Waals surface area (Å²) in [5.74, 6) is -0.342. The quantitative estimate of drug-likeness (QED) is 0.471. The molecular formula is C18H26N2O5. The first-order valence-electron chi connectivity index (χ1n) is 8.40. The minimum Gasteiger partial charge on any atom is -0.469 e. The van der Waals surface area contributed by atoms with E-state index in [1.165, 1.54) is 7.11 Å². The topological polar surface area (TPSA) is 93.7 Å². The van der Waals surface area contributed by atoms with E-state index in [1.807, 2.05) is 30.3 Å². The maximum atomic E-state index is 11.6. The normalized spacial score (nSPS) is 9.96. The zero-order chi connectivity index (χ0) is 18.3. The van der Waals surface area contributed by atoms with Gasteiger partial charge in [0.25, 0.3) is 0 Å². The molecule has 0 radical (unpaired) electrons. The van der Waals surface area contributed by atoms with Gasteiger partial charge in [0.2, 0.25) is 5.91 Å². The van der Waals surface area contributed by atoms with Crippen molar-refractivity contribution in [3.63, 3.8) is 0 Å². The molecule has 0 heterocycles. The molecule has 0 spiro atoms. The van der Waals surface area contributed by atoms with Gasteiger partial charge >= 0.3 is 12.1 Å². The lowest BCUT2D eigenvalue weighted by Crippen LogP contribution is -2.31. The van der Waals surface area contributed by atoms with Gasteiger partial charge in [-0.25, -0.2) is 4.79 Å². The Kier molecular flexibility index (Phi) is 10.5. The Labute approximate surface area is 148 Å². The predicted molar refractivity (Wildman–Crippen MR) is 92.7 cm³/mol. The molecule has 2 N–H and O–H groups in total. The highest BCUT2D eigenvalue weighted by Gasteiger charge is 2.05. The molecular weight excluding hydrogens is 324 g/mol. The van der Waals surface area contributed by atoms with Crippen molar-refractivity contribution in [1.82, 2.24) is 10.6 Å². The van der Waals surface area contributed by atoms with Gasteiger partial charge in [-0.1, -0.05) is 36.8 Å². The van der Waals surface area contributed by atoms with E-state index in [-0.39, 0.29) is 31.4 Å². The van der Waals surface area contributed by atoms with Crippen LogP contribution in [0.2, 0.25) is 0 Å². The molecule has 1 aromatic rings.